The summed E-state index contributed by atoms with van der Waals surface area (Å²) in [5, 5.41) is 2.67. The number of halogens is 1. The number of benzene rings is 1. The van der Waals surface area contributed by atoms with Crippen LogP contribution in [0.25, 0.3) is 0 Å². The summed E-state index contributed by atoms with van der Waals surface area (Å²) in [6, 6.07) is 7.30. The molecule has 27 heavy (non-hydrogen) atoms. The Labute approximate surface area is 156 Å². The lowest BCUT2D eigenvalue weighted by molar-refractivity contribution is -0.117. The van der Waals surface area contributed by atoms with E-state index in [1.807, 2.05) is 4.90 Å². The Bertz CT molecular complexity index is 856. The van der Waals surface area contributed by atoms with Crippen molar-refractivity contribution in [3.63, 3.8) is 0 Å². The first kappa shape index (κ1) is 18.8. The van der Waals surface area contributed by atoms with Crippen LogP contribution in [0.1, 0.15) is 27.8 Å². The SMILES string of the molecule is CC(=O)c1c[nH]c(C(=O)N2CCN(CC(=O)Nc3cccc(F)c3)CC2)c1. The van der Waals surface area contributed by atoms with Crippen LogP contribution < -0.4 is 5.32 Å². The summed E-state index contributed by atoms with van der Waals surface area (Å²) in [4.78, 5) is 42.4. The van der Waals surface area contributed by atoms with Crippen molar-refractivity contribution in [3.05, 3.63) is 53.6 Å². The van der Waals surface area contributed by atoms with Gasteiger partial charge in [0.15, 0.2) is 5.78 Å². The van der Waals surface area contributed by atoms with E-state index in [0.29, 0.717) is 43.1 Å². The van der Waals surface area contributed by atoms with Crippen molar-refractivity contribution < 1.29 is 18.8 Å². The van der Waals surface area contributed by atoms with E-state index in [-0.39, 0.29) is 24.1 Å². The summed E-state index contributed by atoms with van der Waals surface area (Å²) < 4.78 is 13.2. The number of Topliss-reactive ketones (excluding diaryl/α,β-unsaturated/α-hetero) is 1. The molecule has 2 heterocycles. The zero-order valence-corrected chi connectivity index (χ0v) is 15.0. The Morgan fingerprint density at radius 2 is 1.89 bits per heavy atom. The highest BCUT2D eigenvalue weighted by molar-refractivity contribution is 5.99. The fourth-order valence-electron chi connectivity index (χ4n) is 2.97. The lowest BCUT2D eigenvalue weighted by Crippen LogP contribution is -2.50. The van der Waals surface area contributed by atoms with Gasteiger partial charge < -0.3 is 15.2 Å². The van der Waals surface area contributed by atoms with Gasteiger partial charge in [0.05, 0.1) is 6.54 Å². The van der Waals surface area contributed by atoms with Gasteiger partial charge in [0.1, 0.15) is 11.5 Å². The minimum absolute atomic E-state index is 0.0978. The highest BCUT2D eigenvalue weighted by atomic mass is 19.1. The Balaban J connectivity index is 1.48. The zero-order chi connectivity index (χ0) is 19.4. The number of aromatic amines is 1. The first-order valence-electron chi connectivity index (χ1n) is 8.69. The minimum atomic E-state index is -0.405. The molecule has 2 aromatic rings. The van der Waals surface area contributed by atoms with Gasteiger partial charge in [0.2, 0.25) is 5.91 Å². The molecule has 7 nitrogen and oxygen atoms in total. The number of H-pyrrole nitrogens is 1. The summed E-state index contributed by atoms with van der Waals surface area (Å²) in [7, 11) is 0. The van der Waals surface area contributed by atoms with E-state index in [0.717, 1.165) is 0 Å². The third kappa shape index (κ3) is 4.79. The van der Waals surface area contributed by atoms with E-state index < -0.39 is 5.82 Å². The van der Waals surface area contributed by atoms with Crippen LogP contribution in [0.4, 0.5) is 10.1 Å². The molecule has 1 aliphatic rings. The van der Waals surface area contributed by atoms with Crippen molar-refractivity contribution in [2.45, 2.75) is 6.92 Å². The molecular weight excluding hydrogens is 351 g/mol. The molecule has 0 atom stereocenters. The predicted molar refractivity (Wildman–Crippen MR) is 98.2 cm³/mol. The van der Waals surface area contributed by atoms with E-state index in [2.05, 4.69) is 10.3 Å². The van der Waals surface area contributed by atoms with Crippen LogP contribution in [0.2, 0.25) is 0 Å². The van der Waals surface area contributed by atoms with Crippen LogP contribution in [0.3, 0.4) is 0 Å². The van der Waals surface area contributed by atoms with Gasteiger partial charge in [-0.05, 0) is 31.2 Å². The van der Waals surface area contributed by atoms with Crippen molar-refractivity contribution in [3.8, 4) is 0 Å². The number of aromatic nitrogens is 1. The topological polar surface area (TPSA) is 85.5 Å². The molecule has 1 aliphatic heterocycles. The lowest BCUT2D eigenvalue weighted by atomic mass is 10.2. The molecule has 142 valence electrons. The molecule has 2 amide bonds. The van der Waals surface area contributed by atoms with Gasteiger partial charge in [-0.25, -0.2) is 4.39 Å². The number of anilines is 1. The maximum absolute atomic E-state index is 13.2. The number of nitrogens with one attached hydrogen (secondary N) is 2. The van der Waals surface area contributed by atoms with E-state index in [1.54, 1.807) is 17.0 Å². The Kier molecular flexibility index (Phi) is 5.66. The van der Waals surface area contributed by atoms with Gasteiger partial charge in [-0.2, -0.15) is 0 Å². The Hall–Kier alpha value is -3.00. The minimum Gasteiger partial charge on any atom is -0.356 e. The molecule has 0 radical (unpaired) electrons. The van der Waals surface area contributed by atoms with Gasteiger partial charge in [-0.15, -0.1) is 0 Å². The number of carbonyl (C=O) groups excluding carboxylic acids is 3. The maximum atomic E-state index is 13.2. The smallest absolute Gasteiger partial charge is 0.270 e. The van der Waals surface area contributed by atoms with Crippen molar-refractivity contribution in [1.82, 2.24) is 14.8 Å². The standard InChI is InChI=1S/C19H21FN4O3/c1-13(25)14-9-17(21-11-14)19(27)24-7-5-23(6-8-24)12-18(26)22-16-4-2-3-15(20)10-16/h2-4,9-11,21H,5-8,12H2,1H3,(H,22,26). The largest absolute Gasteiger partial charge is 0.356 e. The number of amides is 2. The average molecular weight is 372 g/mol. The monoisotopic (exact) mass is 372 g/mol. The average Bonchev–Trinajstić information content (AvgIpc) is 3.12. The van der Waals surface area contributed by atoms with Gasteiger partial charge in [0.25, 0.3) is 5.91 Å². The number of carbonyl (C=O) groups is 3. The third-order valence-corrected chi connectivity index (χ3v) is 4.46. The van der Waals surface area contributed by atoms with Crippen LogP contribution in [0, 0.1) is 5.82 Å². The molecular formula is C19H21FN4O3. The second-order valence-electron chi connectivity index (χ2n) is 6.49. The van der Waals surface area contributed by atoms with Gasteiger partial charge in [-0.3, -0.25) is 19.3 Å². The second-order valence-corrected chi connectivity index (χ2v) is 6.49. The maximum Gasteiger partial charge on any atom is 0.270 e. The molecule has 0 spiro atoms. The molecule has 1 saturated heterocycles. The zero-order valence-electron chi connectivity index (χ0n) is 15.0. The summed E-state index contributed by atoms with van der Waals surface area (Å²) >= 11 is 0. The van der Waals surface area contributed by atoms with E-state index in [1.165, 1.54) is 31.3 Å². The normalized spacial score (nSPS) is 14.8. The molecule has 0 bridgehead atoms. The highest BCUT2D eigenvalue weighted by Crippen LogP contribution is 2.12. The highest BCUT2D eigenvalue weighted by Gasteiger charge is 2.24. The van der Waals surface area contributed by atoms with Crippen molar-refractivity contribution in [2.75, 3.05) is 38.0 Å². The fourth-order valence-corrected chi connectivity index (χ4v) is 2.97. The first-order valence-corrected chi connectivity index (χ1v) is 8.69. The van der Waals surface area contributed by atoms with E-state index >= 15 is 0 Å². The molecule has 8 heteroatoms. The summed E-state index contributed by atoms with van der Waals surface area (Å²) in [6.45, 7) is 3.72. The number of hydrogen-bond acceptors (Lipinski definition) is 4. The van der Waals surface area contributed by atoms with Gasteiger partial charge in [-0.1, -0.05) is 6.07 Å². The number of piperazine rings is 1. The second kappa shape index (κ2) is 8.13. The Morgan fingerprint density at radius 1 is 1.15 bits per heavy atom. The molecule has 1 fully saturated rings. The number of rotatable bonds is 5. The van der Waals surface area contributed by atoms with Crippen molar-refractivity contribution in [2.24, 2.45) is 0 Å². The fraction of sp³-hybridized carbons (Fsp3) is 0.316. The number of ketones is 1. The number of hydrogen-bond donors (Lipinski definition) is 2. The van der Waals surface area contributed by atoms with Crippen molar-refractivity contribution >= 4 is 23.3 Å². The lowest BCUT2D eigenvalue weighted by Gasteiger charge is -2.34. The number of nitrogens with zero attached hydrogens (tertiary/aromatic N) is 2. The third-order valence-electron chi connectivity index (χ3n) is 4.46. The molecule has 0 aliphatic carbocycles. The molecule has 0 unspecified atom stereocenters. The van der Waals surface area contributed by atoms with Gasteiger partial charge >= 0.3 is 0 Å². The van der Waals surface area contributed by atoms with Crippen LogP contribution in [-0.4, -0.2) is 65.1 Å². The predicted octanol–water partition coefficient (Wildman–Crippen LogP) is 1.75. The van der Waals surface area contributed by atoms with E-state index in [9.17, 15) is 18.8 Å². The quantitative estimate of drug-likeness (QED) is 0.783. The van der Waals surface area contributed by atoms with Crippen LogP contribution in [0.5, 0.6) is 0 Å². The van der Waals surface area contributed by atoms with Gasteiger partial charge in [0, 0.05) is 43.6 Å². The molecule has 2 N–H and O–H groups in total. The molecule has 0 saturated carbocycles. The van der Waals surface area contributed by atoms with E-state index in [4.69, 9.17) is 0 Å². The van der Waals surface area contributed by atoms with Crippen LogP contribution in [0.15, 0.2) is 36.5 Å². The molecule has 1 aromatic heterocycles. The summed E-state index contributed by atoms with van der Waals surface area (Å²) in [6.07, 6.45) is 1.53. The van der Waals surface area contributed by atoms with Crippen LogP contribution in [-0.2, 0) is 4.79 Å². The summed E-state index contributed by atoms with van der Waals surface area (Å²) in [5.41, 5.74) is 1.28. The molecule has 1 aromatic carbocycles. The van der Waals surface area contributed by atoms with Crippen LogP contribution >= 0.6 is 0 Å². The Morgan fingerprint density at radius 3 is 2.52 bits per heavy atom. The summed E-state index contributed by atoms with van der Waals surface area (Å²) in [5.74, 6) is -0.890. The first-order chi connectivity index (χ1) is 12.9. The van der Waals surface area contributed by atoms with Crippen molar-refractivity contribution in [1.29, 1.82) is 0 Å². The molecule has 3 rings (SSSR count).